The van der Waals surface area contributed by atoms with Crippen molar-refractivity contribution >= 4 is 46.1 Å². The molecule has 4 rings (SSSR count). The Bertz CT molecular complexity index is 783. The van der Waals surface area contributed by atoms with E-state index >= 15 is 0 Å². The van der Waals surface area contributed by atoms with Gasteiger partial charge in [0.15, 0.2) is 0 Å². The van der Waals surface area contributed by atoms with Crippen LogP contribution in [0.25, 0.3) is 11.0 Å². The third-order valence-electron chi connectivity index (χ3n) is 3.20. The highest BCUT2D eigenvalue weighted by molar-refractivity contribution is 7.00. The van der Waals surface area contributed by atoms with E-state index in [0.29, 0.717) is 40.7 Å². The molecule has 0 atom stereocenters. The van der Waals surface area contributed by atoms with Crippen molar-refractivity contribution in [1.29, 1.82) is 0 Å². The molecule has 1 aliphatic carbocycles. The topological polar surface area (TPSA) is 88.8 Å². The molecule has 0 bridgehead atoms. The summed E-state index contributed by atoms with van der Waals surface area (Å²) in [5.41, 5.74) is 2.11. The van der Waals surface area contributed by atoms with Gasteiger partial charge < -0.3 is 15.1 Å². The summed E-state index contributed by atoms with van der Waals surface area (Å²) in [6, 6.07) is 4.48. The highest BCUT2D eigenvalue weighted by Gasteiger charge is 2.21. The Morgan fingerprint density at radius 1 is 1.29 bits per heavy atom. The predicted molar refractivity (Wildman–Crippen MR) is 79.9 cm³/mol. The lowest BCUT2D eigenvalue weighted by Gasteiger charge is -2.04. The first kappa shape index (κ1) is 12.9. The van der Waals surface area contributed by atoms with E-state index in [1.54, 1.807) is 6.07 Å². The highest BCUT2D eigenvalue weighted by atomic mass is 35.5. The van der Waals surface area contributed by atoms with Crippen LogP contribution in [0.2, 0.25) is 5.02 Å². The van der Waals surface area contributed by atoms with Gasteiger partial charge in [0, 0.05) is 6.04 Å². The molecule has 0 aliphatic heterocycles. The zero-order valence-electron chi connectivity index (χ0n) is 10.8. The van der Waals surface area contributed by atoms with Crippen molar-refractivity contribution in [3.8, 4) is 0 Å². The molecular formula is C12H11ClN6OS. The zero-order valence-corrected chi connectivity index (χ0v) is 12.4. The van der Waals surface area contributed by atoms with Crippen molar-refractivity contribution in [1.82, 2.24) is 24.3 Å². The fourth-order valence-corrected chi connectivity index (χ4v) is 2.69. The third-order valence-corrected chi connectivity index (χ3v) is 4.05. The number of nitrogens with one attached hydrogen (secondary N) is 2. The summed E-state index contributed by atoms with van der Waals surface area (Å²) >= 11 is 7.33. The van der Waals surface area contributed by atoms with Gasteiger partial charge in [0.25, 0.3) is 0 Å². The number of hydrogen-bond donors (Lipinski definition) is 2. The Labute approximate surface area is 129 Å². The molecule has 1 saturated carbocycles. The van der Waals surface area contributed by atoms with Gasteiger partial charge in [-0.05, 0) is 25.0 Å². The molecule has 9 heteroatoms. The SMILES string of the molecule is Clc1ccc2nsnc2c1Nc1nnc(CNC2CC2)o1. The first-order valence-corrected chi connectivity index (χ1v) is 7.64. The van der Waals surface area contributed by atoms with Crippen molar-refractivity contribution in [3.63, 3.8) is 0 Å². The first-order chi connectivity index (χ1) is 10.3. The maximum atomic E-state index is 6.20. The van der Waals surface area contributed by atoms with Gasteiger partial charge in [0.2, 0.25) is 5.89 Å². The number of benzene rings is 1. The van der Waals surface area contributed by atoms with E-state index in [4.69, 9.17) is 16.0 Å². The van der Waals surface area contributed by atoms with Crippen LogP contribution in [0.5, 0.6) is 0 Å². The van der Waals surface area contributed by atoms with Crippen LogP contribution in [0.3, 0.4) is 0 Å². The summed E-state index contributed by atoms with van der Waals surface area (Å²) in [7, 11) is 0. The molecule has 108 valence electrons. The third kappa shape index (κ3) is 2.69. The summed E-state index contributed by atoms with van der Waals surface area (Å²) in [5, 5.41) is 14.8. The van der Waals surface area contributed by atoms with Gasteiger partial charge in [-0.15, -0.1) is 5.10 Å². The minimum atomic E-state index is 0.296. The van der Waals surface area contributed by atoms with Crippen molar-refractivity contribution in [2.24, 2.45) is 0 Å². The van der Waals surface area contributed by atoms with E-state index in [0.717, 1.165) is 17.2 Å². The average Bonchev–Trinajstić information content (AvgIpc) is 3.00. The lowest BCUT2D eigenvalue weighted by molar-refractivity contribution is 0.478. The molecule has 1 aliphatic rings. The Morgan fingerprint density at radius 3 is 3.05 bits per heavy atom. The second kappa shape index (κ2) is 5.21. The maximum Gasteiger partial charge on any atom is 0.320 e. The molecule has 3 aromatic rings. The molecule has 0 amide bonds. The molecule has 0 spiro atoms. The smallest absolute Gasteiger partial charge is 0.320 e. The molecule has 0 unspecified atom stereocenters. The minimum absolute atomic E-state index is 0.296. The normalized spacial score (nSPS) is 14.7. The van der Waals surface area contributed by atoms with Crippen molar-refractivity contribution in [2.75, 3.05) is 5.32 Å². The van der Waals surface area contributed by atoms with E-state index in [9.17, 15) is 0 Å². The second-order valence-corrected chi connectivity index (χ2v) is 5.77. The molecule has 21 heavy (non-hydrogen) atoms. The van der Waals surface area contributed by atoms with E-state index in [1.807, 2.05) is 6.07 Å². The number of anilines is 2. The summed E-state index contributed by atoms with van der Waals surface area (Å²) < 4.78 is 14.0. The maximum absolute atomic E-state index is 6.20. The lowest BCUT2D eigenvalue weighted by atomic mass is 10.2. The fourth-order valence-electron chi connectivity index (χ4n) is 1.95. The van der Waals surface area contributed by atoms with E-state index in [-0.39, 0.29) is 0 Å². The Kier molecular flexibility index (Phi) is 3.21. The molecule has 0 saturated heterocycles. The van der Waals surface area contributed by atoms with Crippen LogP contribution in [0, 0.1) is 0 Å². The first-order valence-electron chi connectivity index (χ1n) is 6.53. The van der Waals surface area contributed by atoms with Crippen LogP contribution in [-0.4, -0.2) is 25.0 Å². The number of rotatable bonds is 5. The molecule has 7 nitrogen and oxygen atoms in total. The van der Waals surface area contributed by atoms with E-state index in [2.05, 4.69) is 29.6 Å². The van der Waals surface area contributed by atoms with Crippen LogP contribution in [0.15, 0.2) is 16.5 Å². The van der Waals surface area contributed by atoms with Gasteiger partial charge in [-0.2, -0.15) is 8.75 Å². The van der Waals surface area contributed by atoms with Gasteiger partial charge in [-0.1, -0.05) is 16.7 Å². The zero-order chi connectivity index (χ0) is 14.2. The second-order valence-electron chi connectivity index (χ2n) is 4.84. The number of nitrogens with zero attached hydrogens (tertiary/aromatic N) is 4. The predicted octanol–water partition coefficient (Wildman–Crippen LogP) is 2.72. The molecule has 2 N–H and O–H groups in total. The highest BCUT2D eigenvalue weighted by Crippen LogP contribution is 2.32. The molecule has 0 radical (unpaired) electrons. The van der Waals surface area contributed by atoms with E-state index < -0.39 is 0 Å². The van der Waals surface area contributed by atoms with Crippen LogP contribution >= 0.6 is 23.3 Å². The van der Waals surface area contributed by atoms with Crippen LogP contribution in [-0.2, 0) is 6.54 Å². The Hall–Kier alpha value is -1.77. The van der Waals surface area contributed by atoms with Gasteiger partial charge in [0.1, 0.15) is 11.0 Å². The molecule has 1 fully saturated rings. The van der Waals surface area contributed by atoms with Crippen LogP contribution in [0.1, 0.15) is 18.7 Å². The number of halogens is 1. The summed E-state index contributed by atoms with van der Waals surface area (Å²) in [6.45, 7) is 0.579. The van der Waals surface area contributed by atoms with Crippen molar-refractivity contribution in [3.05, 3.63) is 23.0 Å². The van der Waals surface area contributed by atoms with Gasteiger partial charge in [-0.3, -0.25) is 0 Å². The molecule has 2 heterocycles. The van der Waals surface area contributed by atoms with E-state index in [1.165, 1.54) is 12.8 Å². The van der Waals surface area contributed by atoms with Gasteiger partial charge in [0.05, 0.1) is 29.0 Å². The molecule has 2 aromatic heterocycles. The monoisotopic (exact) mass is 322 g/mol. The average molecular weight is 323 g/mol. The Morgan fingerprint density at radius 2 is 2.19 bits per heavy atom. The fraction of sp³-hybridized carbons (Fsp3) is 0.333. The largest absolute Gasteiger partial charge is 0.406 e. The minimum Gasteiger partial charge on any atom is -0.406 e. The summed E-state index contributed by atoms with van der Waals surface area (Å²) in [6.07, 6.45) is 2.43. The van der Waals surface area contributed by atoms with Crippen molar-refractivity contribution < 1.29 is 4.42 Å². The summed E-state index contributed by atoms with van der Waals surface area (Å²) in [5.74, 6) is 0.545. The van der Waals surface area contributed by atoms with Gasteiger partial charge in [-0.25, -0.2) is 0 Å². The quantitative estimate of drug-likeness (QED) is 0.746. The standard InChI is InChI=1S/C12H11ClN6OS/c13-7-3-4-8-11(19-21-18-8)10(7)15-12-17-16-9(20-12)5-14-6-1-2-6/h3-4,6,14H,1-2,5H2,(H,15,17). The number of fused-ring (bicyclic) bond motifs is 1. The van der Waals surface area contributed by atoms with Crippen LogP contribution < -0.4 is 10.6 Å². The lowest BCUT2D eigenvalue weighted by Crippen LogP contribution is -2.15. The molecule has 1 aromatic carbocycles. The molecular weight excluding hydrogens is 312 g/mol. The van der Waals surface area contributed by atoms with Crippen LogP contribution in [0.4, 0.5) is 11.7 Å². The summed E-state index contributed by atoms with van der Waals surface area (Å²) in [4.78, 5) is 0. The van der Waals surface area contributed by atoms with Crippen molar-refractivity contribution in [2.45, 2.75) is 25.4 Å². The number of hydrogen-bond acceptors (Lipinski definition) is 8. The van der Waals surface area contributed by atoms with Gasteiger partial charge >= 0.3 is 6.01 Å². The number of aromatic nitrogens is 4. The Balaban J connectivity index is 1.56.